The molecule has 0 bridgehead atoms. The molecule has 1 aliphatic carbocycles. The Labute approximate surface area is 198 Å². The van der Waals surface area contributed by atoms with Crippen LogP contribution in [0.2, 0.25) is 0 Å². The summed E-state index contributed by atoms with van der Waals surface area (Å²) in [5.41, 5.74) is 5.47. The van der Waals surface area contributed by atoms with Crippen LogP contribution < -0.4 is 9.62 Å². The molecule has 4 aromatic carbocycles. The highest BCUT2D eigenvalue weighted by Crippen LogP contribution is 2.42. The molecular formula is C28H22N2O3S. The Morgan fingerprint density at radius 2 is 1.53 bits per heavy atom. The molecule has 0 spiro atoms. The van der Waals surface area contributed by atoms with Gasteiger partial charge < -0.3 is 5.32 Å². The van der Waals surface area contributed by atoms with E-state index in [2.05, 4.69) is 11.4 Å². The molecule has 0 saturated heterocycles. The van der Waals surface area contributed by atoms with Crippen molar-refractivity contribution < 1.29 is 13.2 Å². The number of benzene rings is 4. The fourth-order valence-electron chi connectivity index (χ4n) is 5.13. The second-order valence-electron chi connectivity index (χ2n) is 8.63. The minimum atomic E-state index is -4.09. The van der Waals surface area contributed by atoms with Crippen molar-refractivity contribution in [1.29, 1.82) is 0 Å². The van der Waals surface area contributed by atoms with Gasteiger partial charge in [-0.05, 0) is 47.1 Å². The highest BCUT2D eigenvalue weighted by Gasteiger charge is 2.39. The number of nitrogens with one attached hydrogen (secondary N) is 1. The van der Waals surface area contributed by atoms with Gasteiger partial charge in [0.25, 0.3) is 15.9 Å². The van der Waals surface area contributed by atoms with Crippen molar-refractivity contribution in [3.8, 4) is 0 Å². The van der Waals surface area contributed by atoms with Crippen molar-refractivity contribution in [2.75, 3.05) is 16.7 Å². The summed E-state index contributed by atoms with van der Waals surface area (Å²) in [6, 6.07) is 26.5. The lowest BCUT2D eigenvalue weighted by Gasteiger charge is -2.31. The Balaban J connectivity index is 1.57. The van der Waals surface area contributed by atoms with E-state index in [-0.39, 0.29) is 4.91 Å². The standard InChI is InChI=1S/C28H22N2O3S/c1-30-24-13-6-5-11-22(24)26(18-8-3-2-4-9-18)27(34(30,32)33)28(31)29-23-17-16-20-15-14-19-10-7-12-21(23)25(19)20/h2-13,16-17H,14-15H2,1H3,(H,29,31). The lowest BCUT2D eigenvalue weighted by atomic mass is 9.95. The maximum atomic E-state index is 13.8. The van der Waals surface area contributed by atoms with E-state index >= 15 is 0 Å². The molecule has 0 unspecified atom stereocenters. The van der Waals surface area contributed by atoms with Crippen molar-refractivity contribution in [2.24, 2.45) is 0 Å². The second kappa shape index (κ2) is 7.57. The van der Waals surface area contributed by atoms with E-state index in [0.717, 1.165) is 23.6 Å². The zero-order chi connectivity index (χ0) is 23.4. The van der Waals surface area contributed by atoms with Crippen molar-refractivity contribution >= 4 is 43.7 Å². The molecule has 34 heavy (non-hydrogen) atoms. The van der Waals surface area contributed by atoms with Crippen LogP contribution in [0.4, 0.5) is 11.4 Å². The first-order valence-electron chi connectivity index (χ1n) is 11.2. The number of sulfonamides is 1. The number of amides is 1. The quantitative estimate of drug-likeness (QED) is 0.456. The lowest BCUT2D eigenvalue weighted by molar-refractivity contribution is -0.112. The van der Waals surface area contributed by atoms with E-state index in [0.29, 0.717) is 28.1 Å². The molecule has 0 aromatic heterocycles. The van der Waals surface area contributed by atoms with Gasteiger partial charge in [0.15, 0.2) is 4.91 Å². The number of anilines is 2. The number of aryl methyl sites for hydroxylation is 2. The molecule has 1 amide bonds. The maximum absolute atomic E-state index is 13.8. The third-order valence-electron chi connectivity index (χ3n) is 6.75. The molecule has 5 nitrogen and oxygen atoms in total. The van der Waals surface area contributed by atoms with E-state index in [1.54, 1.807) is 12.1 Å². The summed E-state index contributed by atoms with van der Waals surface area (Å²) in [5.74, 6) is -0.640. The van der Waals surface area contributed by atoms with Gasteiger partial charge in [-0.15, -0.1) is 0 Å². The van der Waals surface area contributed by atoms with Crippen LogP contribution >= 0.6 is 0 Å². The van der Waals surface area contributed by atoms with E-state index in [1.807, 2.05) is 66.7 Å². The molecule has 6 heteroatoms. The maximum Gasteiger partial charge on any atom is 0.270 e. The first-order chi connectivity index (χ1) is 16.5. The van der Waals surface area contributed by atoms with Crippen molar-refractivity contribution in [3.05, 3.63) is 112 Å². The summed E-state index contributed by atoms with van der Waals surface area (Å²) in [6.45, 7) is 0. The van der Waals surface area contributed by atoms with Crippen LogP contribution in [-0.2, 0) is 27.7 Å². The Morgan fingerprint density at radius 1 is 0.824 bits per heavy atom. The zero-order valence-electron chi connectivity index (χ0n) is 18.6. The minimum absolute atomic E-state index is 0.247. The summed E-state index contributed by atoms with van der Waals surface area (Å²) in [7, 11) is -2.60. The fraction of sp³-hybridized carbons (Fsp3) is 0.107. The third-order valence-corrected chi connectivity index (χ3v) is 8.58. The van der Waals surface area contributed by atoms with Crippen molar-refractivity contribution in [1.82, 2.24) is 0 Å². The molecule has 4 aromatic rings. The zero-order valence-corrected chi connectivity index (χ0v) is 19.4. The molecule has 1 N–H and O–H groups in total. The van der Waals surface area contributed by atoms with Crippen LogP contribution in [-0.4, -0.2) is 21.4 Å². The predicted molar refractivity (Wildman–Crippen MR) is 136 cm³/mol. The van der Waals surface area contributed by atoms with Gasteiger partial charge in [0, 0.05) is 29.3 Å². The number of fused-ring (bicyclic) bond motifs is 1. The van der Waals surface area contributed by atoms with Crippen molar-refractivity contribution in [3.63, 3.8) is 0 Å². The number of nitrogens with zero attached hydrogens (tertiary/aromatic N) is 1. The predicted octanol–water partition coefficient (Wildman–Crippen LogP) is 5.12. The Bertz CT molecular complexity index is 1610. The van der Waals surface area contributed by atoms with Crippen LogP contribution in [0.5, 0.6) is 0 Å². The van der Waals surface area contributed by atoms with Crippen LogP contribution in [0, 0.1) is 0 Å². The average molecular weight is 467 g/mol. The SMILES string of the molecule is CN1c2ccccc2C(c2ccccc2)=C(C(=O)Nc2ccc3c4c(cccc24)CC3)S1(=O)=O. The van der Waals surface area contributed by atoms with Crippen LogP contribution in [0.1, 0.15) is 22.3 Å². The van der Waals surface area contributed by atoms with Crippen LogP contribution in [0.3, 0.4) is 0 Å². The summed E-state index contributed by atoms with van der Waals surface area (Å²) in [4.78, 5) is 13.5. The van der Waals surface area contributed by atoms with E-state index in [9.17, 15) is 13.2 Å². The van der Waals surface area contributed by atoms with Gasteiger partial charge in [-0.3, -0.25) is 9.10 Å². The molecule has 1 heterocycles. The van der Waals surface area contributed by atoms with Gasteiger partial charge in [-0.2, -0.15) is 0 Å². The van der Waals surface area contributed by atoms with Gasteiger partial charge >= 0.3 is 0 Å². The first-order valence-corrected chi connectivity index (χ1v) is 12.6. The smallest absolute Gasteiger partial charge is 0.270 e. The molecule has 0 fully saturated rings. The largest absolute Gasteiger partial charge is 0.321 e. The van der Waals surface area contributed by atoms with Gasteiger partial charge in [-0.25, -0.2) is 8.42 Å². The topological polar surface area (TPSA) is 66.5 Å². The number of carbonyl (C=O) groups excluding carboxylic acids is 1. The van der Waals surface area contributed by atoms with Crippen molar-refractivity contribution in [2.45, 2.75) is 12.8 Å². The molecule has 168 valence electrons. The normalized spacial score (nSPS) is 16.0. The Morgan fingerprint density at radius 3 is 2.32 bits per heavy atom. The van der Waals surface area contributed by atoms with Gasteiger partial charge in [0.2, 0.25) is 0 Å². The molecular weight excluding hydrogens is 444 g/mol. The molecule has 6 rings (SSSR count). The number of para-hydroxylation sites is 1. The second-order valence-corrected chi connectivity index (χ2v) is 10.5. The molecule has 1 aliphatic heterocycles. The number of hydrogen-bond donors (Lipinski definition) is 1. The molecule has 0 atom stereocenters. The summed E-state index contributed by atoms with van der Waals surface area (Å²) in [6.07, 6.45) is 1.95. The van der Waals surface area contributed by atoms with Gasteiger partial charge in [0.05, 0.1) is 5.69 Å². The Kier molecular flexibility index (Phi) is 4.61. The third kappa shape index (κ3) is 2.99. The van der Waals surface area contributed by atoms with Crippen LogP contribution in [0.15, 0.2) is 89.8 Å². The average Bonchev–Trinajstić information content (AvgIpc) is 3.28. The van der Waals surface area contributed by atoms with E-state index in [4.69, 9.17) is 0 Å². The highest BCUT2D eigenvalue weighted by molar-refractivity contribution is 7.97. The Hall–Kier alpha value is -3.90. The van der Waals surface area contributed by atoms with Gasteiger partial charge in [0.1, 0.15) is 0 Å². The summed E-state index contributed by atoms with van der Waals surface area (Å²) in [5, 5.41) is 5.03. The summed E-state index contributed by atoms with van der Waals surface area (Å²) >= 11 is 0. The van der Waals surface area contributed by atoms with E-state index in [1.165, 1.54) is 22.5 Å². The highest BCUT2D eigenvalue weighted by atomic mass is 32.2. The number of carbonyl (C=O) groups is 1. The molecule has 2 aliphatic rings. The molecule has 0 radical (unpaired) electrons. The van der Waals surface area contributed by atoms with Crippen LogP contribution in [0.25, 0.3) is 16.3 Å². The number of hydrogen-bond acceptors (Lipinski definition) is 3. The number of rotatable bonds is 3. The van der Waals surface area contributed by atoms with E-state index < -0.39 is 15.9 Å². The summed E-state index contributed by atoms with van der Waals surface area (Å²) < 4.78 is 28.6. The lowest BCUT2D eigenvalue weighted by Crippen LogP contribution is -2.37. The van der Waals surface area contributed by atoms with Gasteiger partial charge in [-0.1, -0.05) is 72.8 Å². The molecule has 0 saturated carbocycles. The fourth-order valence-corrected chi connectivity index (χ4v) is 6.60. The minimum Gasteiger partial charge on any atom is -0.321 e. The monoisotopic (exact) mass is 466 g/mol. The first kappa shape index (κ1) is 20.7.